The molecule has 2 aliphatic carbocycles. The third-order valence-electron chi connectivity index (χ3n) is 7.26. The molecule has 4 rings (SSSR count). The van der Waals surface area contributed by atoms with Gasteiger partial charge < -0.3 is 0 Å². The van der Waals surface area contributed by atoms with Crippen molar-refractivity contribution in [1.29, 1.82) is 0 Å². The van der Waals surface area contributed by atoms with Gasteiger partial charge in [0.15, 0.2) is 0 Å². The smallest absolute Gasteiger partial charge is 0.147 e. The van der Waals surface area contributed by atoms with E-state index in [0.29, 0.717) is 11.8 Å². The summed E-state index contributed by atoms with van der Waals surface area (Å²) < 4.78 is 9.07. The molecule has 0 nitrogen and oxygen atoms in total. The van der Waals surface area contributed by atoms with Crippen molar-refractivity contribution in [2.24, 2.45) is 11.8 Å². The Morgan fingerprint density at radius 3 is 1.25 bits per heavy atom. The fourth-order valence-corrected chi connectivity index (χ4v) is 36.0. The quantitative estimate of drug-likeness (QED) is 0.308. The van der Waals surface area contributed by atoms with Crippen LogP contribution in [0, 0.1) is 11.8 Å². The third-order valence-corrected chi connectivity index (χ3v) is 29.3. The molecule has 2 aromatic rings. The van der Waals surface area contributed by atoms with Crippen molar-refractivity contribution in [3.63, 3.8) is 0 Å². The Morgan fingerprint density at radius 1 is 0.625 bits per heavy atom. The Hall–Kier alpha value is -0.594. The minimum atomic E-state index is -3.27. The van der Waals surface area contributed by atoms with Crippen molar-refractivity contribution in [3.8, 4) is 0 Å². The Morgan fingerprint density at radius 2 is 0.938 bits per heavy atom. The first kappa shape index (κ1) is 27.6. The second-order valence-electron chi connectivity index (χ2n) is 10.2. The molecule has 0 amide bonds. The van der Waals surface area contributed by atoms with E-state index in [1.807, 2.05) is 6.56 Å². The maximum atomic E-state index is 2.72. The molecule has 0 saturated carbocycles. The van der Waals surface area contributed by atoms with Gasteiger partial charge in [0.25, 0.3) is 0 Å². The summed E-state index contributed by atoms with van der Waals surface area (Å²) in [7, 11) is 0. The van der Waals surface area contributed by atoms with E-state index >= 15 is 0 Å². The van der Waals surface area contributed by atoms with Gasteiger partial charge in [-0.05, 0) is 0 Å². The molecule has 0 bridgehead atoms. The SMILES string of the molecule is CC1=[C]([Zr]([CH3])([CH3])(=[GeH2])[C]2=C(C)C(c3ccccc3)=CC2C)C(C)C=C1c1ccccc1.Cl.Cl. The van der Waals surface area contributed by atoms with Gasteiger partial charge in [-0.1, -0.05) is 0 Å². The van der Waals surface area contributed by atoms with Gasteiger partial charge in [0.2, 0.25) is 0 Å². The molecule has 2 aromatic carbocycles. The summed E-state index contributed by atoms with van der Waals surface area (Å²) in [5, 5.41) is 0. The molecule has 4 heteroatoms. The fourth-order valence-electron chi connectivity index (χ4n) is 6.56. The molecule has 0 aromatic heterocycles. The molecule has 0 heterocycles. The number of rotatable bonds is 4. The van der Waals surface area contributed by atoms with E-state index < -0.39 is 15.7 Å². The number of hydrogen-bond acceptors (Lipinski definition) is 0. The Kier molecular flexibility index (Phi) is 8.60. The third kappa shape index (κ3) is 4.65. The Balaban J connectivity index is 0.00000181. The van der Waals surface area contributed by atoms with Crippen LogP contribution in [0.25, 0.3) is 11.1 Å². The molecule has 32 heavy (non-hydrogen) atoms. The van der Waals surface area contributed by atoms with Gasteiger partial charge in [0.05, 0.1) is 0 Å². The first-order chi connectivity index (χ1) is 14.1. The van der Waals surface area contributed by atoms with Crippen LogP contribution in [0.1, 0.15) is 38.8 Å². The van der Waals surface area contributed by atoms with Crippen LogP contribution in [0.2, 0.25) is 9.26 Å². The van der Waals surface area contributed by atoms with Gasteiger partial charge >= 0.3 is 189 Å². The summed E-state index contributed by atoms with van der Waals surface area (Å²) in [5.41, 5.74) is 8.81. The Bertz CT molecular complexity index is 1110. The molecule has 0 radical (unpaired) electrons. The summed E-state index contributed by atoms with van der Waals surface area (Å²) in [6.07, 6.45) is 5.08. The zero-order chi connectivity index (χ0) is 21.7. The number of allylic oxidation sites excluding steroid dienone is 8. The van der Waals surface area contributed by atoms with Crippen LogP contribution in [0.5, 0.6) is 0 Å². The second-order valence-corrected chi connectivity index (χ2v) is 52.4. The van der Waals surface area contributed by atoms with Crippen molar-refractivity contribution >= 4 is 48.1 Å². The van der Waals surface area contributed by atoms with Crippen molar-refractivity contribution in [1.82, 2.24) is 0 Å². The average Bonchev–Trinajstić information content (AvgIpc) is 3.19. The molecule has 0 N–H and O–H groups in total. The monoisotopic (exact) mass is 606 g/mol. The first-order valence-corrected chi connectivity index (χ1v) is 29.0. The predicted molar refractivity (Wildman–Crippen MR) is 147 cm³/mol. The minimum Gasteiger partial charge on any atom is -0.147 e. The standard InChI is InChI=1S/2C13H13.2CH3.2ClH.GeH2.Zr/c2*1-10-8-11(2)13(9-10)12-6-4-3-5-7-12;;;;;;/h2*3-7,9-10H,1-2H3;2*1H3;2*1H;1H2;. The molecule has 0 fully saturated rings. The zero-order valence-electron chi connectivity index (χ0n) is 20.1. The van der Waals surface area contributed by atoms with Gasteiger partial charge in [-0.15, -0.1) is 24.8 Å². The van der Waals surface area contributed by atoms with Crippen LogP contribution in [-0.2, 0) is 15.7 Å². The summed E-state index contributed by atoms with van der Waals surface area (Å²) >= 11 is -1.85. The van der Waals surface area contributed by atoms with Crippen molar-refractivity contribution in [3.05, 3.63) is 102 Å². The number of halogens is 2. The number of benzene rings is 2. The van der Waals surface area contributed by atoms with Crippen LogP contribution in [0.3, 0.4) is 0 Å². The second kappa shape index (κ2) is 9.95. The topological polar surface area (TPSA) is 0 Å². The largest absolute Gasteiger partial charge is 0.147 e. The molecular formula is C28H36Cl2GeZr. The molecule has 2 unspecified atom stereocenters. The molecule has 2 atom stereocenters. The van der Waals surface area contributed by atoms with Crippen molar-refractivity contribution in [2.75, 3.05) is 0 Å². The van der Waals surface area contributed by atoms with Crippen molar-refractivity contribution in [2.45, 2.75) is 37.0 Å². The Labute approximate surface area is 212 Å². The normalized spacial score (nSPS) is 21.1. The maximum absolute atomic E-state index is 3.27. The molecule has 2 aliphatic rings. The van der Waals surface area contributed by atoms with Gasteiger partial charge in [-0.25, -0.2) is 0 Å². The van der Waals surface area contributed by atoms with E-state index in [2.05, 4.69) is 110 Å². The average molecular weight is 607 g/mol. The first-order valence-electron chi connectivity index (χ1n) is 11.2. The maximum Gasteiger partial charge on any atom is -0.147 e. The van der Waals surface area contributed by atoms with Gasteiger partial charge in [-0.2, -0.15) is 0 Å². The number of hydrogen-bond donors (Lipinski definition) is 0. The van der Waals surface area contributed by atoms with Gasteiger partial charge in [0, 0.05) is 0 Å². The predicted octanol–water partition coefficient (Wildman–Crippen LogP) is 8.18. The molecule has 0 saturated heterocycles. The van der Waals surface area contributed by atoms with E-state index in [1.54, 1.807) is 11.1 Å². The van der Waals surface area contributed by atoms with Crippen LogP contribution in [-0.4, -0.2) is 12.1 Å². The van der Waals surface area contributed by atoms with Crippen LogP contribution in [0.4, 0.5) is 0 Å². The summed E-state index contributed by atoms with van der Waals surface area (Å²) in [5.74, 6) is 1.09. The zero-order valence-corrected chi connectivity index (χ0v) is 27.2. The fraction of sp³-hybridized carbons (Fsp3) is 0.286. The van der Waals surface area contributed by atoms with E-state index in [4.69, 9.17) is 0 Å². The summed E-state index contributed by atoms with van der Waals surface area (Å²) in [6, 6.07) is 22.0. The van der Waals surface area contributed by atoms with Crippen LogP contribution < -0.4 is 0 Å². The van der Waals surface area contributed by atoms with Crippen molar-refractivity contribution < 1.29 is 15.7 Å². The van der Waals surface area contributed by atoms with Gasteiger partial charge in [0.1, 0.15) is 0 Å². The molecule has 0 aliphatic heterocycles. The van der Waals surface area contributed by atoms with E-state index in [0.717, 1.165) is 0 Å². The summed E-state index contributed by atoms with van der Waals surface area (Å²) in [4.78, 5) is 0. The van der Waals surface area contributed by atoms with Crippen LogP contribution >= 0.6 is 24.8 Å². The van der Waals surface area contributed by atoms with Crippen LogP contribution in [0.15, 0.2) is 90.5 Å². The minimum absolute atomic E-state index is 0. The molecule has 0 spiro atoms. The summed E-state index contributed by atoms with van der Waals surface area (Å²) in [6.45, 7) is 9.67. The molecular weight excluding hydrogens is 571 g/mol. The molecule has 170 valence electrons. The van der Waals surface area contributed by atoms with E-state index in [-0.39, 0.29) is 24.8 Å². The van der Waals surface area contributed by atoms with Gasteiger partial charge in [-0.3, -0.25) is 0 Å². The van der Waals surface area contributed by atoms with E-state index in [9.17, 15) is 0 Å². The van der Waals surface area contributed by atoms with E-state index in [1.165, 1.54) is 34.4 Å².